The van der Waals surface area contributed by atoms with Gasteiger partial charge in [0.1, 0.15) is 0 Å². The fourth-order valence-corrected chi connectivity index (χ4v) is 1.36. The Labute approximate surface area is 82.5 Å². The van der Waals surface area contributed by atoms with Crippen LogP contribution in [0, 0.1) is 0 Å². The molecule has 0 aromatic carbocycles. The molecule has 0 saturated carbocycles. The van der Waals surface area contributed by atoms with Gasteiger partial charge in [-0.25, -0.2) is 4.98 Å². The van der Waals surface area contributed by atoms with Crippen molar-refractivity contribution in [1.29, 1.82) is 0 Å². The number of hydrogen-bond donors (Lipinski definition) is 1. The van der Waals surface area contributed by atoms with Crippen LogP contribution in [0.1, 0.15) is 6.42 Å². The Bertz CT molecular complexity index is 300. The molecule has 0 radical (unpaired) electrons. The number of nitrogens with zero attached hydrogens (tertiary/aromatic N) is 2. The van der Waals surface area contributed by atoms with Crippen molar-refractivity contribution in [2.45, 2.75) is 12.5 Å². The molecule has 1 aromatic rings. The number of anilines is 1. The maximum absolute atomic E-state index is 5.24. The maximum Gasteiger partial charge on any atom is 0.226 e. The third-order valence-electron chi connectivity index (χ3n) is 2.10. The summed E-state index contributed by atoms with van der Waals surface area (Å²) in [7, 11) is 1.59. The predicted octanol–water partition coefficient (Wildman–Crippen LogP) is 0.686. The van der Waals surface area contributed by atoms with Crippen molar-refractivity contribution in [2.75, 3.05) is 25.6 Å². The van der Waals surface area contributed by atoms with Crippen LogP contribution in [0.5, 0.6) is 5.88 Å². The van der Waals surface area contributed by atoms with Crippen LogP contribution in [-0.4, -0.2) is 36.3 Å². The van der Waals surface area contributed by atoms with Crippen molar-refractivity contribution >= 4 is 5.95 Å². The van der Waals surface area contributed by atoms with E-state index in [2.05, 4.69) is 15.3 Å². The number of nitrogens with one attached hydrogen (secondary N) is 1. The summed E-state index contributed by atoms with van der Waals surface area (Å²) >= 11 is 0. The van der Waals surface area contributed by atoms with E-state index in [4.69, 9.17) is 9.47 Å². The molecule has 76 valence electrons. The van der Waals surface area contributed by atoms with Gasteiger partial charge in [0, 0.05) is 18.9 Å². The molecule has 5 heteroatoms. The highest BCUT2D eigenvalue weighted by Gasteiger charge is 2.16. The summed E-state index contributed by atoms with van der Waals surface area (Å²) in [5, 5.41) is 3.19. The molecule has 5 nitrogen and oxygen atoms in total. The van der Waals surface area contributed by atoms with Crippen molar-refractivity contribution in [3.05, 3.63) is 12.3 Å². The SMILES string of the molecule is COc1ccnc(N[C@@H]2CCOC2)n1. The Morgan fingerprint density at radius 1 is 1.64 bits per heavy atom. The van der Waals surface area contributed by atoms with Crippen molar-refractivity contribution in [3.63, 3.8) is 0 Å². The summed E-state index contributed by atoms with van der Waals surface area (Å²) in [5.74, 6) is 1.17. The number of rotatable bonds is 3. The maximum atomic E-state index is 5.24. The van der Waals surface area contributed by atoms with Gasteiger partial charge in [-0.3, -0.25) is 0 Å². The first kappa shape index (κ1) is 9.21. The lowest BCUT2D eigenvalue weighted by Gasteiger charge is -2.10. The molecule has 0 unspecified atom stereocenters. The van der Waals surface area contributed by atoms with Crippen molar-refractivity contribution in [2.24, 2.45) is 0 Å². The first-order valence-electron chi connectivity index (χ1n) is 4.60. The van der Waals surface area contributed by atoms with E-state index in [9.17, 15) is 0 Å². The van der Waals surface area contributed by atoms with E-state index < -0.39 is 0 Å². The lowest BCUT2D eigenvalue weighted by Crippen LogP contribution is -2.20. The normalized spacial score (nSPS) is 20.8. The Morgan fingerprint density at radius 2 is 2.57 bits per heavy atom. The molecule has 1 aliphatic rings. The zero-order valence-electron chi connectivity index (χ0n) is 8.06. The van der Waals surface area contributed by atoms with E-state index >= 15 is 0 Å². The minimum absolute atomic E-state index is 0.321. The highest BCUT2D eigenvalue weighted by molar-refractivity contribution is 5.29. The van der Waals surface area contributed by atoms with Gasteiger partial charge in [-0.15, -0.1) is 0 Å². The van der Waals surface area contributed by atoms with E-state index in [1.54, 1.807) is 19.4 Å². The molecule has 1 saturated heterocycles. The fraction of sp³-hybridized carbons (Fsp3) is 0.556. The molecule has 1 aliphatic heterocycles. The van der Waals surface area contributed by atoms with E-state index in [0.29, 0.717) is 17.9 Å². The third-order valence-corrected chi connectivity index (χ3v) is 2.10. The van der Waals surface area contributed by atoms with E-state index in [0.717, 1.165) is 19.6 Å². The van der Waals surface area contributed by atoms with Gasteiger partial charge in [0.25, 0.3) is 0 Å². The molecule has 2 heterocycles. The van der Waals surface area contributed by atoms with Crippen molar-refractivity contribution < 1.29 is 9.47 Å². The average Bonchev–Trinajstić information content (AvgIpc) is 2.71. The summed E-state index contributed by atoms with van der Waals surface area (Å²) in [4.78, 5) is 8.25. The van der Waals surface area contributed by atoms with Crippen LogP contribution in [0.3, 0.4) is 0 Å². The Morgan fingerprint density at radius 3 is 3.29 bits per heavy atom. The molecule has 1 atom stereocenters. The van der Waals surface area contributed by atoms with Gasteiger partial charge in [-0.05, 0) is 6.42 Å². The standard InChI is InChI=1S/C9H13N3O2/c1-13-8-2-4-10-9(12-8)11-7-3-5-14-6-7/h2,4,7H,3,5-6H2,1H3,(H,10,11,12)/t7-/m1/s1. The summed E-state index contributed by atoms with van der Waals surface area (Å²) in [6, 6.07) is 2.04. The Hall–Kier alpha value is -1.36. The monoisotopic (exact) mass is 195 g/mol. The van der Waals surface area contributed by atoms with Crippen molar-refractivity contribution in [1.82, 2.24) is 9.97 Å². The molecule has 0 spiro atoms. The van der Waals surface area contributed by atoms with Crippen molar-refractivity contribution in [3.8, 4) is 5.88 Å². The summed E-state index contributed by atoms with van der Waals surface area (Å²) < 4.78 is 10.2. The number of hydrogen-bond acceptors (Lipinski definition) is 5. The second kappa shape index (κ2) is 4.23. The molecule has 2 rings (SSSR count). The zero-order chi connectivity index (χ0) is 9.80. The van der Waals surface area contributed by atoms with Gasteiger partial charge in [-0.1, -0.05) is 0 Å². The predicted molar refractivity (Wildman–Crippen MR) is 51.4 cm³/mol. The van der Waals surface area contributed by atoms with Gasteiger partial charge in [-0.2, -0.15) is 4.98 Å². The van der Waals surface area contributed by atoms with E-state index in [-0.39, 0.29) is 0 Å². The molecule has 0 bridgehead atoms. The average molecular weight is 195 g/mol. The van der Waals surface area contributed by atoms with Crippen LogP contribution in [0.15, 0.2) is 12.3 Å². The Kier molecular flexibility index (Phi) is 2.78. The van der Waals surface area contributed by atoms with Gasteiger partial charge in [0.05, 0.1) is 19.8 Å². The van der Waals surface area contributed by atoms with Crippen LogP contribution < -0.4 is 10.1 Å². The van der Waals surface area contributed by atoms with E-state index in [1.807, 2.05) is 0 Å². The van der Waals surface area contributed by atoms with Gasteiger partial charge in [0.15, 0.2) is 0 Å². The highest BCUT2D eigenvalue weighted by atomic mass is 16.5. The molecule has 14 heavy (non-hydrogen) atoms. The second-order valence-corrected chi connectivity index (χ2v) is 3.13. The topological polar surface area (TPSA) is 56.3 Å². The van der Waals surface area contributed by atoms with Crippen LogP contribution >= 0.6 is 0 Å². The smallest absolute Gasteiger partial charge is 0.226 e. The third kappa shape index (κ3) is 2.11. The first-order valence-corrected chi connectivity index (χ1v) is 4.60. The number of aromatic nitrogens is 2. The fourth-order valence-electron chi connectivity index (χ4n) is 1.36. The van der Waals surface area contributed by atoms with Gasteiger partial charge in [0.2, 0.25) is 11.8 Å². The largest absolute Gasteiger partial charge is 0.481 e. The summed E-state index contributed by atoms with van der Waals surface area (Å²) in [6.45, 7) is 1.53. The van der Waals surface area contributed by atoms with Crippen LogP contribution in [-0.2, 0) is 4.74 Å². The molecular formula is C9H13N3O2. The summed E-state index contributed by atoms with van der Waals surface area (Å²) in [5.41, 5.74) is 0. The quantitative estimate of drug-likeness (QED) is 0.768. The molecule has 1 fully saturated rings. The lowest BCUT2D eigenvalue weighted by atomic mass is 10.3. The molecule has 0 amide bonds. The van der Waals surface area contributed by atoms with Gasteiger partial charge < -0.3 is 14.8 Å². The lowest BCUT2D eigenvalue weighted by molar-refractivity contribution is 0.195. The van der Waals surface area contributed by atoms with E-state index in [1.165, 1.54) is 0 Å². The van der Waals surface area contributed by atoms with Crippen LogP contribution in [0.25, 0.3) is 0 Å². The molecular weight excluding hydrogens is 182 g/mol. The molecule has 1 aromatic heterocycles. The van der Waals surface area contributed by atoms with Crippen LogP contribution in [0.2, 0.25) is 0 Å². The number of methoxy groups -OCH3 is 1. The minimum atomic E-state index is 0.321. The second-order valence-electron chi connectivity index (χ2n) is 3.13. The Balaban J connectivity index is 2.00. The first-order chi connectivity index (χ1) is 6.88. The minimum Gasteiger partial charge on any atom is -0.481 e. The molecule has 0 aliphatic carbocycles. The number of ether oxygens (including phenoxy) is 2. The summed E-state index contributed by atoms with van der Waals surface area (Å²) in [6.07, 6.45) is 2.67. The zero-order valence-corrected chi connectivity index (χ0v) is 8.06. The van der Waals surface area contributed by atoms with Crippen LogP contribution in [0.4, 0.5) is 5.95 Å². The van der Waals surface area contributed by atoms with Gasteiger partial charge >= 0.3 is 0 Å². The molecule has 1 N–H and O–H groups in total. The highest BCUT2D eigenvalue weighted by Crippen LogP contribution is 2.12.